The van der Waals surface area contributed by atoms with Gasteiger partial charge in [-0.2, -0.15) is 5.10 Å². The van der Waals surface area contributed by atoms with E-state index in [9.17, 15) is 4.79 Å². The van der Waals surface area contributed by atoms with E-state index < -0.39 is 0 Å². The highest BCUT2D eigenvalue weighted by atomic mass is 79.9. The topological polar surface area (TPSA) is 50.7 Å². The fraction of sp³-hybridized carbons (Fsp3) is 0.0588. The molecule has 0 aromatic heterocycles. The molecule has 0 aliphatic rings. The Morgan fingerprint density at radius 2 is 2.14 bits per heavy atom. The summed E-state index contributed by atoms with van der Waals surface area (Å²) in [5.74, 6) is 2.76. The number of hydrazone groups is 1. The second kappa shape index (κ2) is 8.01. The van der Waals surface area contributed by atoms with E-state index in [1.807, 2.05) is 18.2 Å². The molecular formula is C17H13BrN2O2. The minimum atomic E-state index is -0.288. The number of nitrogens with one attached hydrogen (secondary N) is 1. The monoisotopic (exact) mass is 356 g/mol. The number of halogens is 1. The largest absolute Gasteiger partial charge is 0.481 e. The second-order valence-electron chi connectivity index (χ2n) is 4.24. The standard InChI is InChI=1S/C17H13BrN2O2/c1-2-10-22-14-7-5-6-13(11-14)12-19-20-17(21)15-8-3-4-9-16(15)18/h1,3-9,11-12H,10H2,(H,20,21)/b19-12+. The van der Waals surface area contributed by atoms with Gasteiger partial charge >= 0.3 is 0 Å². The van der Waals surface area contributed by atoms with Gasteiger partial charge in [0.1, 0.15) is 12.4 Å². The molecule has 0 heterocycles. The lowest BCUT2D eigenvalue weighted by molar-refractivity contribution is 0.0954. The fourth-order valence-corrected chi connectivity index (χ4v) is 2.15. The quantitative estimate of drug-likeness (QED) is 0.508. The van der Waals surface area contributed by atoms with Gasteiger partial charge in [0.15, 0.2) is 0 Å². The van der Waals surface area contributed by atoms with Crippen molar-refractivity contribution in [1.82, 2.24) is 5.43 Å². The Hall–Kier alpha value is -2.58. The number of hydrogen-bond acceptors (Lipinski definition) is 3. The van der Waals surface area contributed by atoms with Gasteiger partial charge in [0.2, 0.25) is 0 Å². The highest BCUT2D eigenvalue weighted by Crippen LogP contribution is 2.15. The molecule has 0 fully saturated rings. The van der Waals surface area contributed by atoms with Crippen LogP contribution >= 0.6 is 15.9 Å². The van der Waals surface area contributed by atoms with Crippen molar-refractivity contribution in [3.8, 4) is 18.1 Å². The molecule has 0 aliphatic heterocycles. The molecule has 22 heavy (non-hydrogen) atoms. The molecule has 4 nitrogen and oxygen atoms in total. The first-order valence-corrected chi connectivity index (χ1v) is 7.24. The molecular weight excluding hydrogens is 344 g/mol. The van der Waals surface area contributed by atoms with Crippen molar-refractivity contribution in [2.24, 2.45) is 5.10 Å². The summed E-state index contributed by atoms with van der Waals surface area (Å²) in [6, 6.07) is 14.4. The lowest BCUT2D eigenvalue weighted by Crippen LogP contribution is -2.18. The molecule has 1 N–H and O–H groups in total. The first-order valence-electron chi connectivity index (χ1n) is 6.45. The predicted molar refractivity (Wildman–Crippen MR) is 90.0 cm³/mol. The Kier molecular flexibility index (Phi) is 5.75. The van der Waals surface area contributed by atoms with Crippen molar-refractivity contribution in [2.45, 2.75) is 0 Å². The zero-order valence-electron chi connectivity index (χ0n) is 11.6. The number of benzene rings is 2. The molecule has 0 unspecified atom stereocenters. The van der Waals surface area contributed by atoms with E-state index in [1.54, 1.807) is 30.3 Å². The van der Waals surface area contributed by atoms with E-state index in [-0.39, 0.29) is 12.5 Å². The normalized spacial score (nSPS) is 10.2. The van der Waals surface area contributed by atoms with Crippen LogP contribution < -0.4 is 10.2 Å². The zero-order valence-corrected chi connectivity index (χ0v) is 13.2. The molecule has 0 spiro atoms. The van der Waals surface area contributed by atoms with Crippen molar-refractivity contribution in [3.63, 3.8) is 0 Å². The van der Waals surface area contributed by atoms with Gasteiger partial charge in [-0.3, -0.25) is 4.79 Å². The number of terminal acetylenes is 1. The molecule has 0 aliphatic carbocycles. The highest BCUT2D eigenvalue weighted by Gasteiger charge is 2.07. The first-order chi connectivity index (χ1) is 10.7. The maximum Gasteiger partial charge on any atom is 0.272 e. The lowest BCUT2D eigenvalue weighted by Gasteiger charge is -2.03. The predicted octanol–water partition coefficient (Wildman–Crippen LogP) is 3.23. The van der Waals surface area contributed by atoms with Crippen molar-refractivity contribution < 1.29 is 9.53 Å². The van der Waals surface area contributed by atoms with Crippen LogP contribution in [0.3, 0.4) is 0 Å². The zero-order chi connectivity index (χ0) is 15.8. The van der Waals surface area contributed by atoms with Crippen LogP contribution in [0.15, 0.2) is 58.1 Å². The van der Waals surface area contributed by atoms with Crippen molar-refractivity contribution >= 4 is 28.1 Å². The van der Waals surface area contributed by atoms with Crippen LogP contribution in [0, 0.1) is 12.3 Å². The maximum atomic E-state index is 12.0. The average Bonchev–Trinajstić information content (AvgIpc) is 2.53. The summed E-state index contributed by atoms with van der Waals surface area (Å²) >= 11 is 3.32. The van der Waals surface area contributed by atoms with Crippen molar-refractivity contribution in [2.75, 3.05) is 6.61 Å². The Bertz CT molecular complexity index is 735. The number of carbonyl (C=O) groups excluding carboxylic acids is 1. The lowest BCUT2D eigenvalue weighted by atomic mass is 10.2. The molecule has 110 valence electrons. The molecule has 0 saturated carbocycles. The summed E-state index contributed by atoms with van der Waals surface area (Å²) < 4.78 is 6.03. The van der Waals surface area contributed by atoms with Gasteiger partial charge in [0.05, 0.1) is 11.8 Å². The van der Waals surface area contributed by atoms with Crippen LogP contribution in [-0.2, 0) is 0 Å². The molecule has 2 aromatic rings. The number of nitrogens with zero attached hydrogens (tertiary/aromatic N) is 1. The third-order valence-electron chi connectivity index (χ3n) is 2.68. The fourth-order valence-electron chi connectivity index (χ4n) is 1.68. The molecule has 0 bridgehead atoms. The van der Waals surface area contributed by atoms with E-state index in [0.29, 0.717) is 15.8 Å². The summed E-state index contributed by atoms with van der Waals surface area (Å²) in [5, 5.41) is 3.94. The summed E-state index contributed by atoms with van der Waals surface area (Å²) in [6.07, 6.45) is 6.68. The summed E-state index contributed by atoms with van der Waals surface area (Å²) in [5.41, 5.74) is 3.79. The Balaban J connectivity index is 1.99. The SMILES string of the molecule is C#CCOc1cccc(/C=N/NC(=O)c2ccccc2Br)c1. The maximum absolute atomic E-state index is 12.0. The highest BCUT2D eigenvalue weighted by molar-refractivity contribution is 9.10. The van der Waals surface area contributed by atoms with E-state index in [1.165, 1.54) is 6.21 Å². The molecule has 0 saturated heterocycles. The average molecular weight is 357 g/mol. The van der Waals surface area contributed by atoms with Gasteiger partial charge in [-0.1, -0.05) is 30.2 Å². The number of hydrogen-bond donors (Lipinski definition) is 1. The van der Waals surface area contributed by atoms with Crippen molar-refractivity contribution in [1.29, 1.82) is 0 Å². The van der Waals surface area contributed by atoms with Crippen LogP contribution in [0.1, 0.15) is 15.9 Å². The molecule has 2 aromatic carbocycles. The van der Waals surface area contributed by atoms with Gasteiger partial charge in [-0.15, -0.1) is 6.42 Å². The molecule has 1 amide bonds. The Morgan fingerprint density at radius 3 is 2.91 bits per heavy atom. The summed E-state index contributed by atoms with van der Waals surface area (Å²) in [6.45, 7) is 0.208. The van der Waals surface area contributed by atoms with E-state index >= 15 is 0 Å². The van der Waals surface area contributed by atoms with Gasteiger partial charge in [-0.05, 0) is 45.8 Å². The van der Waals surface area contributed by atoms with Crippen LogP contribution in [0.25, 0.3) is 0 Å². The van der Waals surface area contributed by atoms with Crippen LogP contribution in [0.2, 0.25) is 0 Å². The summed E-state index contributed by atoms with van der Waals surface area (Å²) in [4.78, 5) is 12.0. The minimum Gasteiger partial charge on any atom is -0.481 e. The number of carbonyl (C=O) groups is 1. The van der Waals surface area contributed by atoms with Crippen molar-refractivity contribution in [3.05, 3.63) is 64.1 Å². The minimum absolute atomic E-state index is 0.208. The van der Waals surface area contributed by atoms with E-state index in [4.69, 9.17) is 11.2 Å². The van der Waals surface area contributed by atoms with Gasteiger partial charge in [0.25, 0.3) is 5.91 Å². The molecule has 2 rings (SSSR count). The third-order valence-corrected chi connectivity index (χ3v) is 3.37. The smallest absolute Gasteiger partial charge is 0.272 e. The molecule has 5 heteroatoms. The molecule has 0 atom stereocenters. The number of amides is 1. The Morgan fingerprint density at radius 1 is 1.32 bits per heavy atom. The van der Waals surface area contributed by atoms with E-state index in [2.05, 4.69) is 32.4 Å². The summed E-state index contributed by atoms with van der Waals surface area (Å²) in [7, 11) is 0. The number of rotatable bonds is 5. The number of ether oxygens (including phenoxy) is 1. The van der Waals surface area contributed by atoms with Gasteiger partial charge < -0.3 is 4.74 Å². The third kappa shape index (κ3) is 4.47. The van der Waals surface area contributed by atoms with Crippen LogP contribution in [0.5, 0.6) is 5.75 Å². The van der Waals surface area contributed by atoms with Gasteiger partial charge in [-0.25, -0.2) is 5.43 Å². The van der Waals surface area contributed by atoms with Crippen LogP contribution in [0.4, 0.5) is 0 Å². The Labute approximate surface area is 137 Å². The van der Waals surface area contributed by atoms with E-state index in [0.717, 1.165) is 5.56 Å². The first kappa shape index (κ1) is 15.8. The van der Waals surface area contributed by atoms with Gasteiger partial charge in [0, 0.05) is 4.47 Å². The van der Waals surface area contributed by atoms with Crippen LogP contribution in [-0.4, -0.2) is 18.7 Å². The second-order valence-corrected chi connectivity index (χ2v) is 5.10. The molecule has 0 radical (unpaired) electrons.